The predicted octanol–water partition coefficient (Wildman–Crippen LogP) is 8.06. The van der Waals surface area contributed by atoms with Gasteiger partial charge >= 0.3 is 0 Å². The standard InChI is InChI=1S/C48H53ClN8O6S/c1-27(2)43(57(61)55-25-34(58)23-39(55)45(59)51-28(3)30-10-12-32(13-11-30)44-29(4)50-26-64-44)40-24-41(53-63-40)62-21-20-54-18-16-31(17-19-54)33-14-15-37-35(22-33)48(5,6)47-52-46(60)42-36(49)8-7-9-38(42)56(37)47/h7-15,22,24,26-28,31,34,39,43,58H,16-21,23,25H2,1-6H3/p+1/t28-,34+,39-,43+/m0/s1. The molecule has 16 heteroatoms. The summed E-state index contributed by atoms with van der Waals surface area (Å²) in [6.45, 7) is 14.9. The number of carbonyl (C=O) groups excluding carboxylic acids is 1. The van der Waals surface area contributed by atoms with Crippen molar-refractivity contribution in [3.8, 4) is 22.0 Å². The summed E-state index contributed by atoms with van der Waals surface area (Å²) in [4.78, 5) is 54.1. The number of nitrogens with one attached hydrogen (secondary N) is 1. The van der Waals surface area contributed by atoms with Gasteiger partial charge in [0.15, 0.2) is 6.04 Å². The number of nitrogens with zero attached hydrogens (tertiary/aromatic N) is 7. The molecule has 0 radical (unpaired) electrons. The van der Waals surface area contributed by atoms with Crippen LogP contribution in [0.4, 0.5) is 0 Å². The lowest BCUT2D eigenvalue weighted by molar-refractivity contribution is -0.748. The third-order valence-electron chi connectivity index (χ3n) is 13.3. The zero-order valence-electron chi connectivity index (χ0n) is 37.0. The number of piperidine rings is 1. The topological polar surface area (TPSA) is 159 Å². The van der Waals surface area contributed by atoms with E-state index in [2.05, 4.69) is 62.0 Å². The number of amides is 1. The Kier molecular flexibility index (Phi) is 12.0. The van der Waals surface area contributed by atoms with Crippen LogP contribution in [0.15, 0.2) is 81.6 Å². The Hall–Kier alpha value is -5.48. The van der Waals surface area contributed by atoms with E-state index in [1.807, 2.05) is 69.6 Å². The second kappa shape index (κ2) is 17.5. The zero-order valence-corrected chi connectivity index (χ0v) is 38.5. The fourth-order valence-corrected chi connectivity index (χ4v) is 10.8. The molecule has 0 aliphatic carbocycles. The summed E-state index contributed by atoms with van der Waals surface area (Å²) >= 11 is 8.05. The van der Waals surface area contributed by atoms with Crippen LogP contribution in [0.25, 0.3) is 27.0 Å². The number of halogens is 1. The minimum Gasteiger partial charge on any atom is -0.474 e. The number of hydrogen-bond acceptors (Lipinski definition) is 11. The van der Waals surface area contributed by atoms with Gasteiger partial charge in [-0.1, -0.05) is 67.9 Å². The molecular formula is C48H54ClN8O6S+. The number of hydrogen-bond donors (Lipinski definition) is 2. The molecule has 0 unspecified atom stereocenters. The Morgan fingerprint density at radius 3 is 2.58 bits per heavy atom. The van der Waals surface area contributed by atoms with Crippen molar-refractivity contribution in [2.24, 2.45) is 5.92 Å². The highest BCUT2D eigenvalue weighted by Gasteiger charge is 2.50. The van der Waals surface area contributed by atoms with E-state index in [0.717, 1.165) is 75.1 Å². The van der Waals surface area contributed by atoms with Crippen LogP contribution in [0.2, 0.25) is 5.02 Å². The number of benzene rings is 3. The molecule has 14 nitrogen and oxygen atoms in total. The zero-order chi connectivity index (χ0) is 45.0. The Balaban J connectivity index is 0.788. The number of carbonyl (C=O) groups is 1. The van der Waals surface area contributed by atoms with E-state index >= 15 is 0 Å². The molecule has 3 aromatic heterocycles. The maximum absolute atomic E-state index is 14.1. The number of aliphatic hydroxyl groups excluding tert-OH is 1. The van der Waals surface area contributed by atoms with Gasteiger partial charge in [0.1, 0.15) is 23.8 Å². The molecule has 0 saturated carbocycles. The van der Waals surface area contributed by atoms with Gasteiger partial charge in [-0.2, -0.15) is 4.98 Å². The minimum atomic E-state index is -0.866. The van der Waals surface area contributed by atoms with E-state index in [1.165, 1.54) is 10.6 Å². The summed E-state index contributed by atoms with van der Waals surface area (Å²) in [5, 5.41) is 20.2. The van der Waals surface area contributed by atoms with Crippen LogP contribution in [0, 0.1) is 17.7 Å². The van der Waals surface area contributed by atoms with Crippen LogP contribution in [-0.4, -0.2) is 90.4 Å². The number of β-amino-alcohol motifs (C(OH)–C–C–N with tert-alkyl or cyclic N) is 1. The Bertz CT molecular complexity index is 2780. The van der Waals surface area contributed by atoms with Gasteiger partial charge in [-0.05, 0) is 105 Å². The predicted molar refractivity (Wildman–Crippen MR) is 246 cm³/mol. The quantitative estimate of drug-likeness (QED) is 0.108. The van der Waals surface area contributed by atoms with Gasteiger partial charge in [0.05, 0.1) is 66.2 Å². The Labute approximate surface area is 380 Å². The van der Waals surface area contributed by atoms with Crippen molar-refractivity contribution in [1.29, 1.82) is 0 Å². The number of aliphatic hydroxyl groups is 1. The normalized spacial score (nSPS) is 19.5. The van der Waals surface area contributed by atoms with E-state index in [4.69, 9.17) is 20.9 Å². The van der Waals surface area contributed by atoms with Crippen LogP contribution in [0.5, 0.6) is 5.88 Å². The summed E-state index contributed by atoms with van der Waals surface area (Å²) in [6, 6.07) is 19.9. The molecule has 3 aromatic carbocycles. The van der Waals surface area contributed by atoms with Crippen molar-refractivity contribution in [2.75, 3.05) is 32.8 Å². The third kappa shape index (κ3) is 8.12. The number of nitroso groups, excluding NO2 is 1. The fraction of sp³-hybridized carbons (Fsp3) is 0.438. The van der Waals surface area contributed by atoms with Crippen LogP contribution >= 0.6 is 22.9 Å². The maximum Gasteiger partial charge on any atom is 0.296 e. The number of rotatable bonds is 13. The highest BCUT2D eigenvalue weighted by Crippen LogP contribution is 2.45. The molecule has 9 rings (SSSR count). The molecule has 3 aliphatic heterocycles. The molecule has 334 valence electrons. The highest BCUT2D eigenvalue weighted by atomic mass is 35.5. The van der Waals surface area contributed by atoms with Crippen molar-refractivity contribution >= 4 is 39.7 Å². The first-order chi connectivity index (χ1) is 30.7. The van der Waals surface area contributed by atoms with Crippen LogP contribution in [-0.2, 0) is 10.2 Å². The molecule has 2 fully saturated rings. The monoisotopic (exact) mass is 905 g/mol. The molecule has 0 spiro atoms. The number of thiazole rings is 1. The molecule has 2 saturated heterocycles. The van der Waals surface area contributed by atoms with Gasteiger partial charge in [-0.25, -0.2) is 4.98 Å². The molecule has 6 aromatic rings. The summed E-state index contributed by atoms with van der Waals surface area (Å²) in [5.41, 5.74) is 8.29. The molecule has 64 heavy (non-hydrogen) atoms. The van der Waals surface area contributed by atoms with Crippen molar-refractivity contribution in [3.05, 3.63) is 126 Å². The first kappa shape index (κ1) is 43.8. The maximum atomic E-state index is 14.1. The van der Waals surface area contributed by atoms with Crippen LogP contribution in [0.1, 0.15) is 106 Å². The van der Waals surface area contributed by atoms with E-state index in [0.29, 0.717) is 41.1 Å². The average molecular weight is 907 g/mol. The van der Waals surface area contributed by atoms with Gasteiger partial charge in [0, 0.05) is 18.9 Å². The number of ether oxygens (including phenoxy) is 1. The fourth-order valence-electron chi connectivity index (χ4n) is 9.77. The summed E-state index contributed by atoms with van der Waals surface area (Å²) in [7, 11) is 0. The van der Waals surface area contributed by atoms with Gasteiger partial charge in [-0.15, -0.1) is 16.3 Å². The lowest BCUT2D eigenvalue weighted by Gasteiger charge is -2.32. The lowest BCUT2D eigenvalue weighted by Crippen LogP contribution is -2.49. The van der Waals surface area contributed by atoms with Gasteiger partial charge in [-0.3, -0.25) is 19.1 Å². The van der Waals surface area contributed by atoms with Crippen molar-refractivity contribution in [3.63, 3.8) is 0 Å². The van der Waals surface area contributed by atoms with Crippen LogP contribution in [0.3, 0.4) is 0 Å². The molecule has 3 aliphatic rings. The van der Waals surface area contributed by atoms with E-state index in [1.54, 1.807) is 23.5 Å². The average Bonchev–Trinajstić information content (AvgIpc) is 4.07. The molecule has 4 atom stereocenters. The van der Waals surface area contributed by atoms with E-state index < -0.39 is 23.6 Å². The number of aryl methyl sites for hydroxylation is 1. The number of likely N-dealkylation sites (tertiary alicyclic amines) is 1. The number of fused-ring (bicyclic) bond motifs is 5. The van der Waals surface area contributed by atoms with Gasteiger partial charge in [0.2, 0.25) is 11.7 Å². The van der Waals surface area contributed by atoms with Crippen molar-refractivity contribution in [2.45, 2.75) is 96.4 Å². The van der Waals surface area contributed by atoms with Gasteiger partial charge in [0.25, 0.3) is 17.5 Å². The number of aromatic nitrogens is 4. The first-order valence-corrected chi connectivity index (χ1v) is 23.4. The second-order valence-electron chi connectivity index (χ2n) is 18.3. The van der Waals surface area contributed by atoms with E-state index in [9.17, 15) is 19.6 Å². The summed E-state index contributed by atoms with van der Waals surface area (Å²) in [5.74, 6) is 1.19. The molecule has 1 amide bonds. The lowest BCUT2D eigenvalue weighted by atomic mass is 9.81. The highest BCUT2D eigenvalue weighted by molar-refractivity contribution is 7.13. The first-order valence-electron chi connectivity index (χ1n) is 22.1. The number of hydrazine groups is 1. The Morgan fingerprint density at radius 2 is 1.86 bits per heavy atom. The second-order valence-corrected chi connectivity index (χ2v) is 19.5. The van der Waals surface area contributed by atoms with Crippen LogP contribution < -0.4 is 15.6 Å². The molecule has 6 heterocycles. The van der Waals surface area contributed by atoms with E-state index in [-0.39, 0.29) is 36.4 Å². The SMILES string of the molecule is Cc1ncsc1-c1ccc([C@H](C)NC(=O)[C@@H]2C[C@@H](O)CN2[N+](=O)[C@@H](c2cc(OCCN3CCC(c4ccc5c(c4)C(C)(C)c4nc(=O)c6c(Cl)cccc6n4-5)CC3)no2)C(C)C)cc1. The summed E-state index contributed by atoms with van der Waals surface area (Å²) in [6.07, 6.45) is 1.27. The Morgan fingerprint density at radius 1 is 1.09 bits per heavy atom. The third-order valence-corrected chi connectivity index (χ3v) is 14.6. The smallest absolute Gasteiger partial charge is 0.296 e. The van der Waals surface area contributed by atoms with Crippen molar-refractivity contribution in [1.82, 2.24) is 34.9 Å². The molecule has 2 N–H and O–H groups in total. The van der Waals surface area contributed by atoms with Gasteiger partial charge < -0.3 is 19.7 Å². The minimum absolute atomic E-state index is 0.0159. The van der Waals surface area contributed by atoms with Crippen molar-refractivity contribution < 1.29 is 24.0 Å². The molecule has 0 bridgehead atoms. The largest absolute Gasteiger partial charge is 0.474 e. The summed E-state index contributed by atoms with van der Waals surface area (Å²) < 4.78 is 13.9. The molecular weight excluding hydrogens is 852 g/mol.